The molecule has 4 heteroatoms. The van der Waals surface area contributed by atoms with E-state index in [4.69, 9.17) is 0 Å². The van der Waals surface area contributed by atoms with E-state index in [-0.39, 0.29) is 23.8 Å². The fourth-order valence-corrected chi connectivity index (χ4v) is 5.74. The molecule has 0 bridgehead atoms. The number of hydrogen-bond donors (Lipinski definition) is 1. The highest BCUT2D eigenvalue weighted by molar-refractivity contribution is 7.94. The third-order valence-electron chi connectivity index (χ3n) is 4.36. The van der Waals surface area contributed by atoms with Gasteiger partial charge >= 0.3 is 0 Å². The molecule has 0 radical (unpaired) electrons. The molecular formula is C17H27NO2S. The largest absolute Gasteiger partial charge is 0.394 e. The number of aliphatic hydroxyl groups is 1. The molecule has 0 aliphatic heterocycles. The zero-order chi connectivity index (χ0) is 15.5. The topological polar surface area (TPSA) is 49.7 Å². The van der Waals surface area contributed by atoms with E-state index in [9.17, 15) is 9.32 Å². The smallest absolute Gasteiger partial charge is 0.0850 e. The summed E-state index contributed by atoms with van der Waals surface area (Å²) < 4.78 is 18.4. The van der Waals surface area contributed by atoms with Crippen LogP contribution in [0.5, 0.6) is 0 Å². The summed E-state index contributed by atoms with van der Waals surface area (Å²) in [5.74, 6) is 0.197. The van der Waals surface area contributed by atoms with Crippen molar-refractivity contribution in [3.8, 4) is 0 Å². The highest BCUT2D eigenvalue weighted by atomic mass is 32.2. The van der Waals surface area contributed by atoms with Gasteiger partial charge < -0.3 is 5.11 Å². The Morgan fingerprint density at radius 2 is 1.81 bits per heavy atom. The number of benzene rings is 1. The molecule has 0 heterocycles. The van der Waals surface area contributed by atoms with Crippen LogP contribution in [0.2, 0.25) is 0 Å². The summed E-state index contributed by atoms with van der Waals surface area (Å²) in [5, 5.41) is 9.71. The van der Waals surface area contributed by atoms with E-state index in [1.807, 2.05) is 45.0 Å². The maximum absolute atomic E-state index is 13.7. The molecule has 0 aromatic heterocycles. The Bertz CT molecular complexity index is 565. The minimum Gasteiger partial charge on any atom is -0.394 e. The quantitative estimate of drug-likeness (QED) is 0.900. The van der Waals surface area contributed by atoms with Crippen LogP contribution in [0.3, 0.4) is 0 Å². The molecule has 0 unspecified atom stereocenters. The van der Waals surface area contributed by atoms with Crippen molar-refractivity contribution in [2.75, 3.05) is 6.61 Å². The summed E-state index contributed by atoms with van der Waals surface area (Å²) in [7, 11) is -2.45. The van der Waals surface area contributed by atoms with E-state index >= 15 is 0 Å². The first-order valence-corrected chi connectivity index (χ1v) is 9.48. The lowest BCUT2D eigenvalue weighted by Gasteiger charge is -2.22. The van der Waals surface area contributed by atoms with Gasteiger partial charge in [-0.2, -0.15) is 0 Å². The average molecular weight is 309 g/mol. The van der Waals surface area contributed by atoms with Gasteiger partial charge in [-0.05, 0) is 37.8 Å². The Morgan fingerprint density at radius 1 is 1.24 bits per heavy atom. The molecular weight excluding hydrogens is 282 g/mol. The number of aliphatic hydroxyl groups excluding tert-OH is 1. The minimum atomic E-state index is -2.45. The summed E-state index contributed by atoms with van der Waals surface area (Å²) in [6, 6.07) is 7.66. The van der Waals surface area contributed by atoms with Crippen molar-refractivity contribution in [1.29, 1.82) is 0 Å². The lowest BCUT2D eigenvalue weighted by atomic mass is 10.1. The van der Waals surface area contributed by atoms with Gasteiger partial charge in [0.25, 0.3) is 0 Å². The van der Waals surface area contributed by atoms with Gasteiger partial charge in [-0.25, -0.2) is 8.57 Å². The van der Waals surface area contributed by atoms with Gasteiger partial charge in [0.05, 0.1) is 22.4 Å². The molecule has 1 fully saturated rings. The third kappa shape index (κ3) is 3.67. The molecule has 1 aliphatic rings. The second-order valence-electron chi connectivity index (χ2n) is 6.39. The summed E-state index contributed by atoms with van der Waals surface area (Å²) in [4.78, 5) is 0.833. The summed E-state index contributed by atoms with van der Waals surface area (Å²) in [6.07, 6.45) is 4.22. The second-order valence-corrected chi connectivity index (χ2v) is 8.87. The van der Waals surface area contributed by atoms with Gasteiger partial charge in [-0.1, -0.05) is 44.4 Å². The highest BCUT2D eigenvalue weighted by Crippen LogP contribution is 2.32. The van der Waals surface area contributed by atoms with Crippen LogP contribution in [0.4, 0.5) is 0 Å². The van der Waals surface area contributed by atoms with Crippen molar-refractivity contribution in [2.24, 2.45) is 10.3 Å². The van der Waals surface area contributed by atoms with Gasteiger partial charge in [0.1, 0.15) is 0 Å². The van der Waals surface area contributed by atoms with E-state index < -0.39 is 9.73 Å². The maximum atomic E-state index is 13.7. The van der Waals surface area contributed by atoms with E-state index in [0.717, 1.165) is 36.1 Å². The highest BCUT2D eigenvalue weighted by Gasteiger charge is 2.30. The van der Waals surface area contributed by atoms with Crippen LogP contribution in [0, 0.1) is 12.8 Å². The molecule has 1 aliphatic carbocycles. The zero-order valence-corrected chi connectivity index (χ0v) is 14.1. The Balaban J connectivity index is 2.50. The van der Waals surface area contributed by atoms with Crippen LogP contribution in [-0.4, -0.2) is 27.2 Å². The second kappa shape index (κ2) is 6.93. The Kier molecular flexibility index (Phi) is 5.44. The summed E-state index contributed by atoms with van der Waals surface area (Å²) in [5.41, 5.74) is 1.16. The van der Waals surface area contributed by atoms with Crippen molar-refractivity contribution in [3.63, 3.8) is 0 Å². The maximum Gasteiger partial charge on any atom is 0.0850 e. The fraction of sp³-hybridized carbons (Fsp3) is 0.647. The normalized spacial score (nSPS) is 20.4. The van der Waals surface area contributed by atoms with Crippen molar-refractivity contribution >= 4 is 9.73 Å². The van der Waals surface area contributed by atoms with Crippen LogP contribution in [-0.2, 0) is 9.73 Å². The fourth-order valence-electron chi connectivity index (χ4n) is 2.85. The van der Waals surface area contributed by atoms with Crippen molar-refractivity contribution in [1.82, 2.24) is 0 Å². The van der Waals surface area contributed by atoms with Crippen LogP contribution in [0.15, 0.2) is 33.5 Å². The van der Waals surface area contributed by atoms with Gasteiger partial charge in [0.15, 0.2) is 0 Å². The van der Waals surface area contributed by atoms with Crippen molar-refractivity contribution < 1.29 is 9.32 Å². The molecule has 3 nitrogen and oxygen atoms in total. The van der Waals surface area contributed by atoms with Crippen molar-refractivity contribution in [3.05, 3.63) is 29.8 Å². The molecule has 0 saturated heterocycles. The number of nitrogens with zero attached hydrogens (tertiary/aromatic N) is 1. The Labute approximate surface area is 129 Å². The molecule has 1 saturated carbocycles. The van der Waals surface area contributed by atoms with Crippen LogP contribution in [0.1, 0.15) is 45.1 Å². The van der Waals surface area contributed by atoms with Gasteiger partial charge in [0.2, 0.25) is 0 Å². The predicted octanol–water partition coefficient (Wildman–Crippen LogP) is 3.78. The Morgan fingerprint density at radius 3 is 2.29 bits per heavy atom. The Hall–Kier alpha value is -0.870. The lowest BCUT2D eigenvalue weighted by molar-refractivity contribution is 0.240. The monoisotopic (exact) mass is 309 g/mol. The molecule has 1 N–H and O–H groups in total. The predicted molar refractivity (Wildman–Crippen MR) is 88.0 cm³/mol. The van der Waals surface area contributed by atoms with E-state index in [2.05, 4.69) is 4.36 Å². The molecule has 0 amide bonds. The molecule has 2 atom stereocenters. The first-order chi connectivity index (χ1) is 9.97. The number of hydrogen-bond acceptors (Lipinski definition) is 3. The molecule has 21 heavy (non-hydrogen) atoms. The summed E-state index contributed by atoms with van der Waals surface area (Å²) >= 11 is 0. The molecule has 118 valence electrons. The van der Waals surface area contributed by atoms with E-state index in [0.29, 0.717) is 0 Å². The van der Waals surface area contributed by atoms with Gasteiger partial charge in [-0.15, -0.1) is 0 Å². The standard InChI is InChI=1S/C17H27NO2S/c1-13(2)17(12-19)18-21(20,15-6-4-5-7-15)16-10-8-14(3)9-11-16/h8-11,13,15,17,19H,4-7,12H2,1-3H3/t17-,21+/m1/s1. The third-order valence-corrected chi connectivity index (χ3v) is 7.27. The lowest BCUT2D eigenvalue weighted by Crippen LogP contribution is -2.25. The molecule has 1 aromatic carbocycles. The number of rotatable bonds is 5. The van der Waals surface area contributed by atoms with Gasteiger partial charge in [0, 0.05) is 10.1 Å². The van der Waals surface area contributed by atoms with Crippen LogP contribution in [0.25, 0.3) is 0 Å². The number of aryl methyl sites for hydroxylation is 1. The summed E-state index contributed by atoms with van der Waals surface area (Å²) in [6.45, 7) is 6.04. The first kappa shape index (κ1) is 16.5. The van der Waals surface area contributed by atoms with E-state index in [1.165, 1.54) is 0 Å². The van der Waals surface area contributed by atoms with Gasteiger partial charge in [-0.3, -0.25) is 0 Å². The molecule has 0 spiro atoms. The van der Waals surface area contributed by atoms with E-state index in [1.54, 1.807) is 0 Å². The molecule has 2 rings (SSSR count). The molecule has 1 aromatic rings. The van der Waals surface area contributed by atoms with Crippen LogP contribution < -0.4 is 0 Å². The van der Waals surface area contributed by atoms with Crippen LogP contribution >= 0.6 is 0 Å². The SMILES string of the molecule is Cc1ccc([S@](=O)(=N[C@H](CO)C(C)C)C2CCCC2)cc1. The average Bonchev–Trinajstić information content (AvgIpc) is 2.99. The zero-order valence-electron chi connectivity index (χ0n) is 13.3. The first-order valence-electron chi connectivity index (χ1n) is 7.90. The minimum absolute atomic E-state index is 0.0345. The van der Waals surface area contributed by atoms with Crippen molar-refractivity contribution in [2.45, 2.75) is 62.6 Å².